The second-order valence-electron chi connectivity index (χ2n) is 8.04. The largest absolute Gasteiger partial charge is 0.493 e. The summed E-state index contributed by atoms with van der Waals surface area (Å²) in [6, 6.07) is 27.5. The predicted octanol–water partition coefficient (Wildman–Crippen LogP) is 5.64. The number of ether oxygens (including phenoxy) is 2. The Morgan fingerprint density at radius 2 is 1.59 bits per heavy atom. The second-order valence-corrected chi connectivity index (χ2v) is 8.04. The number of hydrogen-bond acceptors (Lipinski definition) is 4. The molecule has 0 aliphatic heterocycles. The van der Waals surface area contributed by atoms with E-state index >= 15 is 0 Å². The van der Waals surface area contributed by atoms with Crippen molar-refractivity contribution in [2.24, 2.45) is 0 Å². The summed E-state index contributed by atoms with van der Waals surface area (Å²) in [6.45, 7) is 0. The maximum atomic E-state index is 13.2. The van der Waals surface area contributed by atoms with Gasteiger partial charge in [0.1, 0.15) is 0 Å². The SMILES string of the molecule is COc1ccc(C(C(=O)NO)c2c(-c3ccc4ccccc4c3)[nH]c3ccccc23)cc1OC. The fourth-order valence-electron chi connectivity index (χ4n) is 4.58. The molecule has 1 unspecified atom stereocenters. The van der Waals surface area contributed by atoms with Crippen LogP contribution in [-0.4, -0.2) is 30.3 Å². The fraction of sp³-hybridized carbons (Fsp3) is 0.107. The Bertz CT molecular complexity index is 1510. The second kappa shape index (κ2) is 8.92. The molecule has 0 bridgehead atoms. The lowest BCUT2D eigenvalue weighted by Crippen LogP contribution is -2.27. The fourth-order valence-corrected chi connectivity index (χ4v) is 4.58. The summed E-state index contributed by atoms with van der Waals surface area (Å²) in [7, 11) is 3.11. The van der Waals surface area contributed by atoms with Gasteiger partial charge in [-0.1, -0.05) is 60.7 Å². The van der Waals surface area contributed by atoms with Crippen LogP contribution < -0.4 is 15.0 Å². The Morgan fingerprint density at radius 3 is 2.35 bits per heavy atom. The first-order valence-electron chi connectivity index (χ1n) is 10.9. The van der Waals surface area contributed by atoms with Crippen molar-refractivity contribution in [1.82, 2.24) is 10.5 Å². The normalized spacial score (nSPS) is 12.0. The molecular weight excluding hydrogens is 428 g/mol. The first-order valence-corrected chi connectivity index (χ1v) is 10.9. The number of aromatic amines is 1. The molecule has 6 nitrogen and oxygen atoms in total. The molecule has 34 heavy (non-hydrogen) atoms. The van der Waals surface area contributed by atoms with Crippen LogP contribution >= 0.6 is 0 Å². The van der Waals surface area contributed by atoms with Crippen LogP contribution in [0.3, 0.4) is 0 Å². The lowest BCUT2D eigenvalue weighted by Gasteiger charge is -2.19. The van der Waals surface area contributed by atoms with Gasteiger partial charge in [-0.15, -0.1) is 0 Å². The van der Waals surface area contributed by atoms with E-state index in [9.17, 15) is 10.0 Å². The van der Waals surface area contributed by atoms with Gasteiger partial charge in [0, 0.05) is 16.5 Å². The van der Waals surface area contributed by atoms with Crippen molar-refractivity contribution < 1.29 is 19.5 Å². The highest BCUT2D eigenvalue weighted by atomic mass is 16.5. The Morgan fingerprint density at radius 1 is 0.853 bits per heavy atom. The molecule has 1 heterocycles. The minimum absolute atomic E-state index is 0.503. The summed E-state index contributed by atoms with van der Waals surface area (Å²) in [4.78, 5) is 16.7. The predicted molar refractivity (Wildman–Crippen MR) is 133 cm³/mol. The highest BCUT2D eigenvalue weighted by Gasteiger charge is 2.30. The van der Waals surface area contributed by atoms with Gasteiger partial charge < -0.3 is 14.5 Å². The molecule has 0 fully saturated rings. The Kier molecular flexibility index (Phi) is 5.65. The number of aromatic nitrogens is 1. The van der Waals surface area contributed by atoms with Crippen molar-refractivity contribution in [2.45, 2.75) is 5.92 Å². The number of benzene rings is 4. The van der Waals surface area contributed by atoms with Crippen molar-refractivity contribution in [1.29, 1.82) is 0 Å². The van der Waals surface area contributed by atoms with Crippen molar-refractivity contribution in [3.63, 3.8) is 0 Å². The molecular formula is C28H24N2O4. The maximum absolute atomic E-state index is 13.2. The van der Waals surface area contributed by atoms with Crippen LogP contribution in [0, 0.1) is 0 Å². The zero-order valence-electron chi connectivity index (χ0n) is 18.8. The number of methoxy groups -OCH3 is 2. The molecule has 0 spiro atoms. The van der Waals surface area contributed by atoms with E-state index in [0.717, 1.165) is 38.5 Å². The van der Waals surface area contributed by atoms with Crippen LogP contribution in [0.15, 0.2) is 84.9 Å². The Balaban J connectivity index is 1.78. The summed E-state index contributed by atoms with van der Waals surface area (Å²) in [5.41, 5.74) is 5.96. The van der Waals surface area contributed by atoms with Crippen molar-refractivity contribution in [3.05, 3.63) is 96.1 Å². The maximum Gasteiger partial charge on any atom is 0.255 e. The highest BCUT2D eigenvalue weighted by molar-refractivity contribution is 6.00. The van der Waals surface area contributed by atoms with E-state index < -0.39 is 11.8 Å². The number of carbonyl (C=O) groups is 1. The minimum Gasteiger partial charge on any atom is -0.493 e. The molecule has 3 N–H and O–H groups in total. The minimum atomic E-state index is -0.803. The molecule has 0 aliphatic carbocycles. The van der Waals surface area contributed by atoms with Crippen molar-refractivity contribution in [2.75, 3.05) is 14.2 Å². The lowest BCUT2D eigenvalue weighted by atomic mass is 9.86. The number of rotatable bonds is 6. The number of fused-ring (bicyclic) bond motifs is 2. The summed E-state index contributed by atoms with van der Waals surface area (Å²) in [5.74, 6) is -0.285. The molecule has 4 aromatic carbocycles. The van der Waals surface area contributed by atoms with E-state index in [0.29, 0.717) is 17.1 Å². The van der Waals surface area contributed by atoms with Gasteiger partial charge in [0.25, 0.3) is 5.91 Å². The Hall–Kier alpha value is -4.29. The van der Waals surface area contributed by atoms with E-state index in [1.165, 1.54) is 0 Å². The van der Waals surface area contributed by atoms with Crippen molar-refractivity contribution in [3.8, 4) is 22.8 Å². The van der Waals surface area contributed by atoms with Gasteiger partial charge in [-0.25, -0.2) is 5.48 Å². The van der Waals surface area contributed by atoms with E-state index in [1.54, 1.807) is 26.4 Å². The molecule has 5 aromatic rings. The molecule has 5 rings (SSSR count). The van der Waals surface area contributed by atoms with Crippen molar-refractivity contribution >= 4 is 27.6 Å². The summed E-state index contributed by atoms with van der Waals surface area (Å²) in [5, 5.41) is 12.8. The van der Waals surface area contributed by atoms with Crippen LogP contribution in [0.25, 0.3) is 32.9 Å². The first-order chi connectivity index (χ1) is 16.6. The molecule has 6 heteroatoms. The van der Waals surface area contributed by atoms with Crippen LogP contribution in [0.4, 0.5) is 0 Å². The third kappa shape index (κ3) is 3.64. The third-order valence-corrected chi connectivity index (χ3v) is 6.19. The van der Waals surface area contributed by atoms with E-state index in [2.05, 4.69) is 29.2 Å². The smallest absolute Gasteiger partial charge is 0.255 e. The number of hydroxylamine groups is 1. The number of hydrogen-bond donors (Lipinski definition) is 3. The summed E-state index contributed by atoms with van der Waals surface area (Å²) < 4.78 is 10.9. The van der Waals surface area contributed by atoms with Crippen LogP contribution in [0.5, 0.6) is 11.5 Å². The van der Waals surface area contributed by atoms with Crippen LogP contribution in [0.1, 0.15) is 17.0 Å². The van der Waals surface area contributed by atoms with Gasteiger partial charge in [0.2, 0.25) is 0 Å². The first kappa shape index (κ1) is 21.6. The summed E-state index contributed by atoms with van der Waals surface area (Å²) in [6.07, 6.45) is 0. The topological polar surface area (TPSA) is 83.6 Å². The standard InChI is InChI=1S/C28H24N2O4/c1-33-23-14-13-19(16-24(23)34-2)25(28(31)30-32)26-21-9-5-6-10-22(21)29-27(26)20-12-11-17-7-3-4-8-18(17)15-20/h3-16,25,29,32H,1-2H3,(H,30,31). The lowest BCUT2D eigenvalue weighted by molar-refractivity contribution is -0.129. The molecule has 1 atom stereocenters. The quantitative estimate of drug-likeness (QED) is 0.230. The van der Waals surface area contributed by atoms with Gasteiger partial charge in [-0.3, -0.25) is 10.0 Å². The van der Waals surface area contributed by atoms with Gasteiger partial charge in [0.05, 0.1) is 25.8 Å². The molecule has 1 aromatic heterocycles. The summed E-state index contributed by atoms with van der Waals surface area (Å²) >= 11 is 0. The molecule has 170 valence electrons. The van der Waals surface area contributed by atoms with E-state index in [1.807, 2.05) is 54.0 Å². The molecule has 0 saturated carbocycles. The number of nitrogens with one attached hydrogen (secondary N) is 2. The number of para-hydroxylation sites is 1. The zero-order valence-corrected chi connectivity index (χ0v) is 18.8. The molecule has 0 saturated heterocycles. The van der Waals surface area contributed by atoms with Gasteiger partial charge in [0.15, 0.2) is 11.5 Å². The molecule has 0 aliphatic rings. The number of H-pyrrole nitrogens is 1. The van der Waals surface area contributed by atoms with E-state index in [4.69, 9.17) is 9.47 Å². The third-order valence-electron chi connectivity index (χ3n) is 6.19. The molecule has 1 amide bonds. The van der Waals surface area contributed by atoms with Gasteiger partial charge >= 0.3 is 0 Å². The average molecular weight is 453 g/mol. The monoisotopic (exact) mass is 452 g/mol. The van der Waals surface area contributed by atoms with Gasteiger partial charge in [-0.05, 0) is 46.2 Å². The zero-order chi connectivity index (χ0) is 23.7. The van der Waals surface area contributed by atoms with Crippen LogP contribution in [0.2, 0.25) is 0 Å². The Labute approximate surface area is 196 Å². The highest BCUT2D eigenvalue weighted by Crippen LogP contribution is 2.41. The van der Waals surface area contributed by atoms with Gasteiger partial charge in [-0.2, -0.15) is 0 Å². The average Bonchev–Trinajstić information content (AvgIpc) is 3.27. The number of carbonyl (C=O) groups excluding carboxylic acids is 1. The number of amides is 1. The van der Waals surface area contributed by atoms with E-state index in [-0.39, 0.29) is 0 Å². The molecule has 0 radical (unpaired) electrons. The van der Waals surface area contributed by atoms with Crippen LogP contribution in [-0.2, 0) is 4.79 Å².